The molecular weight excluding hydrogens is 290 g/mol. The molecule has 1 aliphatic rings. The zero-order valence-electron chi connectivity index (χ0n) is 11.0. The molecule has 0 unspecified atom stereocenters. The van der Waals surface area contributed by atoms with Gasteiger partial charge in [0.1, 0.15) is 0 Å². The van der Waals surface area contributed by atoms with Gasteiger partial charge in [0.25, 0.3) is 0 Å². The average Bonchev–Trinajstić information content (AvgIpc) is 2.39. The van der Waals surface area contributed by atoms with Gasteiger partial charge in [0.05, 0.1) is 5.69 Å². The molecule has 0 radical (unpaired) electrons. The highest BCUT2D eigenvalue weighted by Crippen LogP contribution is 2.23. The van der Waals surface area contributed by atoms with Crippen LogP contribution < -0.4 is 5.73 Å². The summed E-state index contributed by atoms with van der Waals surface area (Å²) in [5.41, 5.74) is 7.12. The summed E-state index contributed by atoms with van der Waals surface area (Å²) in [6.45, 7) is 4.26. The smallest absolute Gasteiger partial charge is 0.0544 e. The van der Waals surface area contributed by atoms with Crippen LogP contribution in [0.25, 0.3) is 0 Å². The van der Waals surface area contributed by atoms with E-state index in [9.17, 15) is 0 Å². The van der Waals surface area contributed by atoms with Crippen LogP contribution in [0.2, 0.25) is 0 Å². The molecule has 1 aliphatic carbocycles. The van der Waals surface area contributed by atoms with Crippen molar-refractivity contribution in [1.29, 1.82) is 0 Å². The van der Waals surface area contributed by atoms with Crippen molar-refractivity contribution < 1.29 is 0 Å². The van der Waals surface area contributed by atoms with Crippen LogP contribution in [0.15, 0.2) is 22.8 Å². The second-order valence-corrected chi connectivity index (χ2v) is 6.02. The number of hydrogen-bond acceptors (Lipinski definition) is 3. The van der Waals surface area contributed by atoms with E-state index in [4.69, 9.17) is 5.73 Å². The van der Waals surface area contributed by atoms with E-state index >= 15 is 0 Å². The highest BCUT2D eigenvalue weighted by atomic mass is 79.9. The number of halogens is 1. The molecule has 1 saturated carbocycles. The quantitative estimate of drug-likeness (QED) is 0.929. The van der Waals surface area contributed by atoms with Crippen LogP contribution in [-0.4, -0.2) is 28.5 Å². The van der Waals surface area contributed by atoms with Gasteiger partial charge >= 0.3 is 0 Å². The molecule has 1 heterocycles. The van der Waals surface area contributed by atoms with Gasteiger partial charge in [-0.1, -0.05) is 6.92 Å². The molecule has 2 N–H and O–H groups in total. The van der Waals surface area contributed by atoms with Gasteiger partial charge < -0.3 is 5.73 Å². The Balaban J connectivity index is 1.94. The van der Waals surface area contributed by atoms with Crippen molar-refractivity contribution in [2.24, 2.45) is 5.73 Å². The monoisotopic (exact) mass is 311 g/mol. The van der Waals surface area contributed by atoms with E-state index in [0.717, 1.165) is 36.1 Å². The molecular formula is C14H22BrN3. The summed E-state index contributed by atoms with van der Waals surface area (Å²) in [5.74, 6) is 0. The van der Waals surface area contributed by atoms with Gasteiger partial charge in [0.2, 0.25) is 0 Å². The predicted octanol–water partition coefficient (Wildman–Crippen LogP) is 2.94. The zero-order valence-corrected chi connectivity index (χ0v) is 12.6. The van der Waals surface area contributed by atoms with E-state index in [1.165, 1.54) is 12.8 Å². The SMILES string of the molecule is CCN(Cc1ccc(Br)cn1)C1CCC(N)CC1. The Morgan fingerprint density at radius 3 is 2.61 bits per heavy atom. The Labute approximate surface area is 118 Å². The van der Waals surface area contributed by atoms with E-state index in [1.54, 1.807) is 0 Å². The number of rotatable bonds is 4. The number of hydrogen-bond donors (Lipinski definition) is 1. The Morgan fingerprint density at radius 2 is 2.06 bits per heavy atom. The number of aromatic nitrogens is 1. The fourth-order valence-corrected chi connectivity index (χ4v) is 2.91. The van der Waals surface area contributed by atoms with E-state index in [2.05, 4.69) is 44.9 Å². The van der Waals surface area contributed by atoms with Gasteiger partial charge in [-0.3, -0.25) is 9.88 Å². The lowest BCUT2D eigenvalue weighted by atomic mass is 9.90. The molecule has 0 saturated heterocycles. The highest BCUT2D eigenvalue weighted by molar-refractivity contribution is 9.10. The van der Waals surface area contributed by atoms with E-state index in [-0.39, 0.29) is 0 Å². The first kappa shape index (κ1) is 14.0. The molecule has 18 heavy (non-hydrogen) atoms. The third kappa shape index (κ3) is 3.77. The van der Waals surface area contributed by atoms with Crippen molar-refractivity contribution in [2.75, 3.05) is 6.54 Å². The van der Waals surface area contributed by atoms with Gasteiger partial charge in [-0.05, 0) is 60.3 Å². The summed E-state index contributed by atoms with van der Waals surface area (Å²) in [6, 6.07) is 5.26. The van der Waals surface area contributed by atoms with Crippen LogP contribution in [0.3, 0.4) is 0 Å². The van der Waals surface area contributed by atoms with Crippen molar-refractivity contribution >= 4 is 15.9 Å². The summed E-state index contributed by atoms with van der Waals surface area (Å²) in [4.78, 5) is 6.99. The van der Waals surface area contributed by atoms with Crippen molar-refractivity contribution in [1.82, 2.24) is 9.88 Å². The predicted molar refractivity (Wildman–Crippen MR) is 78.3 cm³/mol. The maximum atomic E-state index is 5.97. The molecule has 0 aliphatic heterocycles. The fraction of sp³-hybridized carbons (Fsp3) is 0.643. The van der Waals surface area contributed by atoms with Crippen molar-refractivity contribution in [3.05, 3.63) is 28.5 Å². The molecule has 100 valence electrons. The topological polar surface area (TPSA) is 42.2 Å². The van der Waals surface area contributed by atoms with Crippen molar-refractivity contribution in [3.8, 4) is 0 Å². The average molecular weight is 312 g/mol. The minimum Gasteiger partial charge on any atom is -0.328 e. The molecule has 2 rings (SSSR count). The lowest BCUT2D eigenvalue weighted by Gasteiger charge is -2.35. The van der Waals surface area contributed by atoms with Crippen LogP contribution in [0.1, 0.15) is 38.3 Å². The first-order valence-electron chi connectivity index (χ1n) is 6.79. The highest BCUT2D eigenvalue weighted by Gasteiger charge is 2.23. The minimum absolute atomic E-state index is 0.422. The lowest BCUT2D eigenvalue weighted by molar-refractivity contribution is 0.148. The van der Waals surface area contributed by atoms with Gasteiger partial charge in [-0.2, -0.15) is 0 Å². The first-order chi connectivity index (χ1) is 8.69. The second kappa shape index (κ2) is 6.64. The Bertz CT molecular complexity index is 358. The van der Waals surface area contributed by atoms with Gasteiger partial charge in [-0.25, -0.2) is 0 Å². The van der Waals surface area contributed by atoms with Crippen LogP contribution >= 0.6 is 15.9 Å². The Kier molecular flexibility index (Phi) is 5.15. The maximum absolute atomic E-state index is 5.97. The lowest BCUT2D eigenvalue weighted by Crippen LogP contribution is -2.40. The minimum atomic E-state index is 0.422. The number of pyridine rings is 1. The van der Waals surface area contributed by atoms with Crippen molar-refractivity contribution in [2.45, 2.75) is 51.2 Å². The molecule has 0 bridgehead atoms. The van der Waals surface area contributed by atoms with Crippen LogP contribution in [0, 0.1) is 0 Å². The summed E-state index contributed by atoms with van der Waals surface area (Å²) >= 11 is 3.42. The normalized spacial score (nSPS) is 24.4. The molecule has 1 fully saturated rings. The molecule has 3 nitrogen and oxygen atoms in total. The van der Waals surface area contributed by atoms with Gasteiger partial charge in [0, 0.05) is 29.3 Å². The first-order valence-corrected chi connectivity index (χ1v) is 7.58. The molecule has 1 aromatic heterocycles. The Hall–Kier alpha value is -0.450. The van der Waals surface area contributed by atoms with Crippen LogP contribution in [-0.2, 0) is 6.54 Å². The Morgan fingerprint density at radius 1 is 1.33 bits per heavy atom. The molecule has 1 aromatic rings. The van der Waals surface area contributed by atoms with Crippen LogP contribution in [0.5, 0.6) is 0 Å². The fourth-order valence-electron chi connectivity index (χ4n) is 2.67. The third-order valence-electron chi connectivity index (χ3n) is 3.82. The number of nitrogens with two attached hydrogens (primary N) is 1. The van der Waals surface area contributed by atoms with Gasteiger partial charge in [0.15, 0.2) is 0 Å². The second-order valence-electron chi connectivity index (χ2n) is 5.10. The van der Waals surface area contributed by atoms with Crippen LogP contribution in [0.4, 0.5) is 0 Å². The molecule has 0 atom stereocenters. The summed E-state index contributed by atoms with van der Waals surface area (Å²) in [6.07, 6.45) is 6.65. The zero-order chi connectivity index (χ0) is 13.0. The van der Waals surface area contributed by atoms with Crippen molar-refractivity contribution in [3.63, 3.8) is 0 Å². The summed E-state index contributed by atoms with van der Waals surface area (Å²) in [7, 11) is 0. The molecule has 0 spiro atoms. The van der Waals surface area contributed by atoms with E-state index in [1.807, 2.05) is 6.20 Å². The standard InChI is InChI=1S/C14H22BrN3/c1-2-18(14-7-4-12(16)5-8-14)10-13-6-3-11(15)9-17-13/h3,6,9,12,14H,2,4-5,7-8,10,16H2,1H3. The maximum Gasteiger partial charge on any atom is 0.0544 e. The largest absolute Gasteiger partial charge is 0.328 e. The molecule has 0 amide bonds. The van der Waals surface area contributed by atoms with E-state index < -0.39 is 0 Å². The molecule has 0 aromatic carbocycles. The summed E-state index contributed by atoms with van der Waals surface area (Å²) in [5, 5.41) is 0. The van der Waals surface area contributed by atoms with Gasteiger partial charge in [-0.15, -0.1) is 0 Å². The van der Waals surface area contributed by atoms with E-state index in [0.29, 0.717) is 12.1 Å². The summed E-state index contributed by atoms with van der Waals surface area (Å²) < 4.78 is 1.04. The molecule has 4 heteroatoms. The number of nitrogens with zero attached hydrogens (tertiary/aromatic N) is 2. The third-order valence-corrected chi connectivity index (χ3v) is 4.29.